The van der Waals surface area contributed by atoms with Gasteiger partial charge >= 0.3 is 0 Å². The van der Waals surface area contributed by atoms with Crippen LogP contribution in [0, 0.1) is 0 Å². The van der Waals surface area contributed by atoms with E-state index in [9.17, 15) is 8.42 Å². The number of rotatable bonds is 5. The number of halogens is 3. The largest absolute Gasteiger partial charge is 1.00 e. The molecular weight excluding hydrogens is 359 g/mol. The number of morpholine rings is 1. The van der Waals surface area contributed by atoms with E-state index in [1.165, 1.54) is 18.2 Å². The van der Waals surface area contributed by atoms with Gasteiger partial charge in [-0.1, -0.05) is 23.2 Å². The molecule has 0 bridgehead atoms. The van der Waals surface area contributed by atoms with E-state index in [0.717, 1.165) is 13.1 Å². The zero-order chi connectivity index (χ0) is 14.6. The SMILES string of the molecule is O=S(=O)(NCCN1CCOCC1)c1ccc(Cl)c(Cl)c1.[Cl-]. The van der Waals surface area contributed by atoms with Crippen LogP contribution in [0.15, 0.2) is 23.1 Å². The van der Waals surface area contributed by atoms with Crippen molar-refractivity contribution in [3.05, 3.63) is 28.2 Å². The van der Waals surface area contributed by atoms with Crippen LogP contribution in [0.2, 0.25) is 10.0 Å². The lowest BCUT2D eigenvalue weighted by Crippen LogP contribution is -3.00. The Morgan fingerprint density at radius 2 is 1.86 bits per heavy atom. The summed E-state index contributed by atoms with van der Waals surface area (Å²) in [6.07, 6.45) is 0. The lowest BCUT2D eigenvalue weighted by atomic mass is 10.4. The fourth-order valence-electron chi connectivity index (χ4n) is 1.89. The zero-order valence-electron chi connectivity index (χ0n) is 11.2. The fourth-order valence-corrected chi connectivity index (χ4v) is 3.30. The number of sulfonamides is 1. The lowest BCUT2D eigenvalue weighted by molar-refractivity contribution is -0.00000824. The van der Waals surface area contributed by atoms with Crippen molar-refractivity contribution >= 4 is 33.2 Å². The van der Waals surface area contributed by atoms with Crippen LogP contribution in [-0.4, -0.2) is 52.7 Å². The van der Waals surface area contributed by atoms with Gasteiger partial charge in [0.25, 0.3) is 0 Å². The molecule has 1 aliphatic heterocycles. The molecule has 0 amide bonds. The molecule has 120 valence electrons. The minimum absolute atomic E-state index is 0. The summed E-state index contributed by atoms with van der Waals surface area (Å²) in [6.45, 7) is 4.05. The molecule has 0 unspecified atom stereocenters. The molecular formula is C12H16Cl3N2O3S-. The molecule has 0 aromatic heterocycles. The summed E-state index contributed by atoms with van der Waals surface area (Å²) < 4.78 is 32.0. The Labute approximate surface area is 141 Å². The van der Waals surface area contributed by atoms with Crippen molar-refractivity contribution in [3.8, 4) is 0 Å². The van der Waals surface area contributed by atoms with Gasteiger partial charge in [0.2, 0.25) is 10.0 Å². The number of nitrogens with zero attached hydrogens (tertiary/aromatic N) is 1. The molecule has 0 spiro atoms. The van der Waals surface area contributed by atoms with Crippen molar-refractivity contribution in [2.45, 2.75) is 4.90 Å². The Balaban J connectivity index is 0.00000220. The average molecular weight is 375 g/mol. The quantitative estimate of drug-likeness (QED) is 0.689. The first-order chi connectivity index (χ1) is 9.49. The van der Waals surface area contributed by atoms with Gasteiger partial charge in [0.15, 0.2) is 0 Å². The third-order valence-corrected chi connectivity index (χ3v) is 5.22. The van der Waals surface area contributed by atoms with Gasteiger partial charge in [0.1, 0.15) is 0 Å². The van der Waals surface area contributed by atoms with Crippen LogP contribution < -0.4 is 17.1 Å². The van der Waals surface area contributed by atoms with Crippen molar-refractivity contribution < 1.29 is 25.6 Å². The molecule has 2 rings (SSSR count). The van der Waals surface area contributed by atoms with E-state index in [1.807, 2.05) is 0 Å². The molecule has 1 aromatic carbocycles. The number of hydrogen-bond acceptors (Lipinski definition) is 4. The molecule has 1 N–H and O–H groups in total. The highest BCUT2D eigenvalue weighted by atomic mass is 35.5. The molecule has 1 aromatic rings. The molecule has 1 fully saturated rings. The highest BCUT2D eigenvalue weighted by molar-refractivity contribution is 7.89. The van der Waals surface area contributed by atoms with E-state index >= 15 is 0 Å². The second kappa shape index (κ2) is 8.53. The van der Waals surface area contributed by atoms with Gasteiger partial charge in [-0.15, -0.1) is 0 Å². The first-order valence-corrected chi connectivity index (χ1v) is 8.48. The van der Waals surface area contributed by atoms with Crippen molar-refractivity contribution in [3.63, 3.8) is 0 Å². The van der Waals surface area contributed by atoms with Gasteiger partial charge in [-0.25, -0.2) is 13.1 Å². The van der Waals surface area contributed by atoms with Gasteiger partial charge in [0.05, 0.1) is 28.2 Å². The van der Waals surface area contributed by atoms with E-state index in [4.69, 9.17) is 27.9 Å². The van der Waals surface area contributed by atoms with Gasteiger partial charge < -0.3 is 17.1 Å². The zero-order valence-corrected chi connectivity index (χ0v) is 14.3. The van der Waals surface area contributed by atoms with Crippen molar-refractivity contribution in [2.75, 3.05) is 39.4 Å². The smallest absolute Gasteiger partial charge is 0.240 e. The van der Waals surface area contributed by atoms with Crippen LogP contribution in [0.25, 0.3) is 0 Å². The van der Waals surface area contributed by atoms with Crippen LogP contribution in [-0.2, 0) is 14.8 Å². The third-order valence-electron chi connectivity index (χ3n) is 3.03. The van der Waals surface area contributed by atoms with Crippen molar-refractivity contribution in [1.29, 1.82) is 0 Å². The minimum Gasteiger partial charge on any atom is -1.00 e. The Hall–Kier alpha value is -0.0800. The van der Waals surface area contributed by atoms with Gasteiger partial charge in [-0.3, -0.25) is 4.90 Å². The highest BCUT2D eigenvalue weighted by Gasteiger charge is 2.16. The first-order valence-electron chi connectivity index (χ1n) is 6.24. The van der Waals surface area contributed by atoms with Gasteiger partial charge in [-0.05, 0) is 18.2 Å². The molecule has 1 heterocycles. The van der Waals surface area contributed by atoms with E-state index in [1.54, 1.807) is 0 Å². The van der Waals surface area contributed by atoms with Crippen LogP contribution in [0.3, 0.4) is 0 Å². The van der Waals surface area contributed by atoms with Crippen molar-refractivity contribution in [2.24, 2.45) is 0 Å². The summed E-state index contributed by atoms with van der Waals surface area (Å²) >= 11 is 11.6. The lowest BCUT2D eigenvalue weighted by Gasteiger charge is -2.26. The van der Waals surface area contributed by atoms with E-state index in [0.29, 0.717) is 31.3 Å². The Morgan fingerprint density at radius 3 is 2.48 bits per heavy atom. The summed E-state index contributed by atoms with van der Waals surface area (Å²) in [7, 11) is -3.55. The van der Waals surface area contributed by atoms with E-state index in [-0.39, 0.29) is 22.3 Å². The molecule has 0 saturated carbocycles. The van der Waals surface area contributed by atoms with Crippen LogP contribution in [0.1, 0.15) is 0 Å². The molecule has 0 radical (unpaired) electrons. The maximum absolute atomic E-state index is 12.1. The second-order valence-corrected chi connectivity index (χ2v) is 7.01. The first kappa shape index (κ1) is 19.0. The topological polar surface area (TPSA) is 58.6 Å². The number of nitrogens with one attached hydrogen (secondary N) is 1. The summed E-state index contributed by atoms with van der Waals surface area (Å²) in [5, 5.41) is 0.557. The average Bonchev–Trinajstić information content (AvgIpc) is 2.43. The monoisotopic (exact) mass is 373 g/mol. The molecule has 9 heteroatoms. The molecule has 5 nitrogen and oxygen atoms in total. The minimum atomic E-state index is -3.55. The van der Waals surface area contributed by atoms with Crippen molar-refractivity contribution in [1.82, 2.24) is 9.62 Å². The Kier molecular flexibility index (Phi) is 7.70. The van der Waals surface area contributed by atoms with Gasteiger partial charge in [-0.2, -0.15) is 0 Å². The molecule has 21 heavy (non-hydrogen) atoms. The standard InChI is InChI=1S/C12H16Cl2N2O3S.ClH/c13-11-2-1-10(9-12(11)14)20(17,18)15-3-4-16-5-7-19-8-6-16;/h1-2,9,15H,3-8H2;1H/p-1. The van der Waals surface area contributed by atoms with Gasteiger partial charge in [0, 0.05) is 26.2 Å². The third kappa shape index (κ3) is 5.56. The highest BCUT2D eigenvalue weighted by Crippen LogP contribution is 2.24. The molecule has 1 saturated heterocycles. The summed E-state index contributed by atoms with van der Waals surface area (Å²) in [5.74, 6) is 0. The molecule has 0 aliphatic carbocycles. The van der Waals surface area contributed by atoms with Crippen LogP contribution >= 0.6 is 23.2 Å². The predicted octanol–water partition coefficient (Wildman–Crippen LogP) is -1.39. The van der Waals surface area contributed by atoms with E-state index in [2.05, 4.69) is 9.62 Å². The predicted molar refractivity (Wildman–Crippen MR) is 78.9 cm³/mol. The maximum Gasteiger partial charge on any atom is 0.240 e. The van der Waals surface area contributed by atoms with E-state index < -0.39 is 10.0 Å². The second-order valence-electron chi connectivity index (χ2n) is 4.43. The summed E-state index contributed by atoms with van der Waals surface area (Å²) in [4.78, 5) is 2.27. The Morgan fingerprint density at radius 1 is 1.19 bits per heavy atom. The number of hydrogen-bond donors (Lipinski definition) is 1. The maximum atomic E-state index is 12.1. The van der Waals surface area contributed by atoms with Crippen LogP contribution in [0.4, 0.5) is 0 Å². The fraction of sp³-hybridized carbons (Fsp3) is 0.500. The normalized spacial score (nSPS) is 16.5. The summed E-state index contributed by atoms with van der Waals surface area (Å²) in [6, 6.07) is 4.26. The number of ether oxygens (including phenoxy) is 1. The number of benzene rings is 1. The Bertz CT molecular complexity index is 563. The van der Waals surface area contributed by atoms with Crippen LogP contribution in [0.5, 0.6) is 0 Å². The molecule has 1 aliphatic rings. The molecule has 0 atom stereocenters. The summed E-state index contributed by atoms with van der Waals surface area (Å²) in [5.41, 5.74) is 0.